The third-order valence-electron chi connectivity index (χ3n) is 5.83. The number of piperidine rings is 1. The lowest BCUT2D eigenvalue weighted by molar-refractivity contribution is 0.211. The molecule has 27 heavy (non-hydrogen) atoms. The molecule has 0 amide bonds. The highest BCUT2D eigenvalue weighted by atomic mass is 79.9. The van der Waals surface area contributed by atoms with Crippen LogP contribution in [0.3, 0.4) is 0 Å². The van der Waals surface area contributed by atoms with Gasteiger partial charge in [-0.1, -0.05) is 34.1 Å². The number of halogens is 3. The SMILES string of the molecule is C=C(N)N1CCC(C2c3ncc(Br)cc3CCc3cc(Cl)cc(Br)c32)CC1. The molecule has 1 atom stereocenters. The van der Waals surface area contributed by atoms with Crippen LogP contribution in [0.4, 0.5) is 0 Å². The van der Waals surface area contributed by atoms with E-state index in [1.807, 2.05) is 12.3 Å². The molecule has 1 aliphatic carbocycles. The van der Waals surface area contributed by atoms with Gasteiger partial charge in [-0.3, -0.25) is 4.98 Å². The number of nitrogens with zero attached hydrogens (tertiary/aromatic N) is 2. The van der Waals surface area contributed by atoms with Crippen molar-refractivity contribution in [1.29, 1.82) is 0 Å². The van der Waals surface area contributed by atoms with Crippen LogP contribution < -0.4 is 5.73 Å². The molecule has 6 heteroatoms. The lowest BCUT2D eigenvalue weighted by Crippen LogP contribution is -2.37. The average molecular weight is 512 g/mol. The molecule has 0 saturated carbocycles. The molecule has 142 valence electrons. The van der Waals surface area contributed by atoms with Crippen molar-refractivity contribution in [2.24, 2.45) is 11.7 Å². The molecule has 1 aliphatic heterocycles. The van der Waals surface area contributed by atoms with Crippen LogP contribution in [-0.2, 0) is 12.8 Å². The molecular formula is C21H22Br2ClN3. The number of rotatable bonds is 2. The maximum Gasteiger partial charge on any atom is 0.0912 e. The molecule has 2 aliphatic rings. The van der Waals surface area contributed by atoms with Gasteiger partial charge in [0, 0.05) is 39.2 Å². The lowest BCUT2D eigenvalue weighted by atomic mass is 9.76. The molecular weight excluding hydrogens is 490 g/mol. The summed E-state index contributed by atoms with van der Waals surface area (Å²) < 4.78 is 2.13. The second-order valence-electron chi connectivity index (χ2n) is 7.45. The zero-order valence-corrected chi connectivity index (χ0v) is 18.9. The second kappa shape index (κ2) is 7.76. The summed E-state index contributed by atoms with van der Waals surface area (Å²) >= 11 is 13.8. The van der Waals surface area contributed by atoms with Crippen LogP contribution in [0.2, 0.25) is 5.02 Å². The van der Waals surface area contributed by atoms with E-state index < -0.39 is 0 Å². The van der Waals surface area contributed by atoms with E-state index in [0.717, 1.165) is 52.7 Å². The van der Waals surface area contributed by atoms with Gasteiger partial charge in [0.25, 0.3) is 0 Å². The number of benzene rings is 1. The molecule has 2 N–H and O–H groups in total. The Hall–Kier alpha value is -1.04. The molecule has 1 saturated heterocycles. The Morgan fingerprint density at radius 3 is 2.56 bits per heavy atom. The third kappa shape index (κ3) is 3.79. The van der Waals surface area contributed by atoms with Gasteiger partial charge in [0.05, 0.1) is 11.5 Å². The van der Waals surface area contributed by atoms with Gasteiger partial charge >= 0.3 is 0 Å². The molecule has 2 heterocycles. The predicted octanol–water partition coefficient (Wildman–Crippen LogP) is 5.63. The summed E-state index contributed by atoms with van der Waals surface area (Å²) in [5, 5.41) is 0.786. The quantitative estimate of drug-likeness (QED) is 0.568. The first kappa shape index (κ1) is 19.3. The third-order valence-corrected chi connectivity index (χ3v) is 7.14. The maximum absolute atomic E-state index is 6.38. The van der Waals surface area contributed by atoms with Gasteiger partial charge in [0.15, 0.2) is 0 Å². The summed E-state index contributed by atoms with van der Waals surface area (Å²) in [7, 11) is 0. The van der Waals surface area contributed by atoms with Crippen LogP contribution in [0.25, 0.3) is 0 Å². The normalized spacial score (nSPS) is 20.0. The minimum Gasteiger partial charge on any atom is -0.386 e. The topological polar surface area (TPSA) is 42.1 Å². The van der Waals surface area contributed by atoms with E-state index in [1.165, 1.54) is 22.4 Å². The summed E-state index contributed by atoms with van der Waals surface area (Å²) in [4.78, 5) is 7.08. The minimum absolute atomic E-state index is 0.269. The van der Waals surface area contributed by atoms with Crippen molar-refractivity contribution in [3.63, 3.8) is 0 Å². The first-order valence-corrected chi connectivity index (χ1v) is 11.2. The van der Waals surface area contributed by atoms with E-state index in [-0.39, 0.29) is 5.92 Å². The Morgan fingerprint density at radius 1 is 1.15 bits per heavy atom. The monoisotopic (exact) mass is 509 g/mol. The van der Waals surface area contributed by atoms with Crippen LogP contribution in [-0.4, -0.2) is 23.0 Å². The number of nitrogens with two attached hydrogens (primary N) is 1. The number of aromatic nitrogens is 1. The molecule has 0 bridgehead atoms. The van der Waals surface area contributed by atoms with Crippen molar-refractivity contribution in [3.8, 4) is 0 Å². The molecule has 4 rings (SSSR count). The molecule has 2 aromatic rings. The second-order valence-corrected chi connectivity index (χ2v) is 9.66. The van der Waals surface area contributed by atoms with Crippen LogP contribution in [0, 0.1) is 5.92 Å². The molecule has 1 unspecified atom stereocenters. The van der Waals surface area contributed by atoms with Crippen molar-refractivity contribution < 1.29 is 0 Å². The highest BCUT2D eigenvalue weighted by molar-refractivity contribution is 9.10. The van der Waals surface area contributed by atoms with Crippen LogP contribution in [0.5, 0.6) is 0 Å². The summed E-state index contributed by atoms with van der Waals surface area (Å²) in [6.45, 7) is 5.80. The smallest absolute Gasteiger partial charge is 0.0912 e. The lowest BCUT2D eigenvalue weighted by Gasteiger charge is -2.37. The number of fused-ring (bicyclic) bond motifs is 2. The largest absolute Gasteiger partial charge is 0.386 e. The molecule has 1 aromatic carbocycles. The molecule has 3 nitrogen and oxygen atoms in total. The Kier molecular flexibility index (Phi) is 5.55. The maximum atomic E-state index is 6.38. The van der Waals surface area contributed by atoms with Crippen molar-refractivity contribution >= 4 is 43.5 Å². The van der Waals surface area contributed by atoms with E-state index in [4.69, 9.17) is 22.3 Å². The summed E-state index contributed by atoms with van der Waals surface area (Å²) in [5.41, 5.74) is 11.2. The van der Waals surface area contributed by atoms with E-state index in [9.17, 15) is 0 Å². The number of pyridine rings is 1. The van der Waals surface area contributed by atoms with Gasteiger partial charge < -0.3 is 10.6 Å². The van der Waals surface area contributed by atoms with Crippen molar-refractivity contribution in [2.75, 3.05) is 13.1 Å². The van der Waals surface area contributed by atoms with Crippen molar-refractivity contribution in [2.45, 2.75) is 31.6 Å². The average Bonchev–Trinajstić information content (AvgIpc) is 2.78. The Labute approximate surface area is 182 Å². The highest BCUT2D eigenvalue weighted by Crippen LogP contribution is 2.46. The number of hydrogen-bond donors (Lipinski definition) is 1. The fraction of sp³-hybridized carbons (Fsp3) is 0.381. The predicted molar refractivity (Wildman–Crippen MR) is 118 cm³/mol. The van der Waals surface area contributed by atoms with Crippen LogP contribution in [0.15, 0.2) is 45.7 Å². The van der Waals surface area contributed by atoms with Gasteiger partial charge in [0.1, 0.15) is 0 Å². The fourth-order valence-electron chi connectivity index (χ4n) is 4.55. The van der Waals surface area contributed by atoms with E-state index >= 15 is 0 Å². The van der Waals surface area contributed by atoms with Gasteiger partial charge in [-0.25, -0.2) is 0 Å². The highest BCUT2D eigenvalue weighted by Gasteiger charge is 2.35. The molecule has 1 aromatic heterocycles. The van der Waals surface area contributed by atoms with E-state index in [1.54, 1.807) is 0 Å². The zero-order chi connectivity index (χ0) is 19.1. The van der Waals surface area contributed by atoms with Crippen molar-refractivity contribution in [3.05, 3.63) is 73.1 Å². The van der Waals surface area contributed by atoms with Crippen LogP contribution >= 0.6 is 43.5 Å². The Bertz CT molecular complexity index is 891. The van der Waals surface area contributed by atoms with Gasteiger partial charge in [0.2, 0.25) is 0 Å². The van der Waals surface area contributed by atoms with Gasteiger partial charge in [-0.15, -0.1) is 0 Å². The number of aryl methyl sites for hydroxylation is 2. The number of likely N-dealkylation sites (tertiary alicyclic amines) is 1. The van der Waals surface area contributed by atoms with Gasteiger partial charge in [-0.2, -0.15) is 0 Å². The summed E-state index contributed by atoms with van der Waals surface area (Å²) in [6, 6.07) is 6.38. The molecule has 1 fully saturated rings. The van der Waals surface area contributed by atoms with Crippen molar-refractivity contribution in [1.82, 2.24) is 9.88 Å². The molecule has 0 spiro atoms. The molecule has 0 radical (unpaired) electrons. The zero-order valence-electron chi connectivity index (χ0n) is 15.0. The van der Waals surface area contributed by atoms with E-state index in [0.29, 0.717) is 11.7 Å². The van der Waals surface area contributed by atoms with Crippen LogP contribution in [0.1, 0.15) is 41.1 Å². The minimum atomic E-state index is 0.269. The first-order valence-electron chi connectivity index (χ1n) is 9.25. The Morgan fingerprint density at radius 2 is 1.85 bits per heavy atom. The number of hydrogen-bond acceptors (Lipinski definition) is 3. The fourth-order valence-corrected chi connectivity index (χ4v) is 6.05. The van der Waals surface area contributed by atoms with E-state index in [2.05, 4.69) is 55.5 Å². The summed E-state index contributed by atoms with van der Waals surface area (Å²) in [5.74, 6) is 1.46. The van der Waals surface area contributed by atoms with Gasteiger partial charge in [-0.05, 0) is 82.4 Å². The summed E-state index contributed by atoms with van der Waals surface area (Å²) in [6.07, 6.45) is 6.04. The Balaban J connectivity index is 1.80. The standard InChI is InChI=1S/C21H22Br2ClN3/c1-12(25)27-6-4-13(5-7-27)20-19-14(9-17(24)10-18(19)23)2-3-15-8-16(22)11-26-21(15)20/h8-11,13,20H,1-7,25H2. The first-order chi connectivity index (χ1) is 12.9.